The van der Waals surface area contributed by atoms with Gasteiger partial charge in [-0.05, 0) is 31.7 Å². The average Bonchev–Trinajstić information content (AvgIpc) is 2.49. The summed E-state index contributed by atoms with van der Waals surface area (Å²) >= 11 is 5.48. The first-order valence-electron chi connectivity index (χ1n) is 8.32. The number of unbranched alkanes of at least 4 members (excludes halogenated alkanes) is 6. The van der Waals surface area contributed by atoms with Gasteiger partial charge in [0, 0.05) is 21.2 Å². The lowest BCUT2D eigenvalue weighted by Gasteiger charge is -2.15. The first-order valence-corrected chi connectivity index (χ1v) is 10.1. The molecule has 0 aliphatic carbocycles. The maximum atomic E-state index is 3.53. The molecule has 0 saturated heterocycles. The minimum Gasteiger partial charge on any atom is -0.316 e. The molecule has 1 aromatic rings. The van der Waals surface area contributed by atoms with E-state index in [4.69, 9.17) is 0 Å². The van der Waals surface area contributed by atoms with Crippen LogP contribution in [0, 0.1) is 0 Å². The molecule has 0 aromatic heterocycles. The number of halogens is 1. The van der Waals surface area contributed by atoms with E-state index in [0.29, 0.717) is 6.04 Å². The van der Waals surface area contributed by atoms with Gasteiger partial charge in [0.1, 0.15) is 0 Å². The maximum Gasteiger partial charge on any atom is 0.0186 e. The predicted octanol–water partition coefficient (Wildman–Crippen LogP) is 6.27. The van der Waals surface area contributed by atoms with Crippen molar-refractivity contribution in [2.75, 3.05) is 12.8 Å². The molecule has 0 radical (unpaired) electrons. The molecule has 0 amide bonds. The third kappa shape index (κ3) is 9.59. The minimum absolute atomic E-state index is 0.629. The molecular weight excluding hydrogens is 342 g/mol. The first kappa shape index (κ1) is 19.1. The van der Waals surface area contributed by atoms with Crippen molar-refractivity contribution < 1.29 is 0 Å². The van der Waals surface area contributed by atoms with Crippen LogP contribution in [-0.2, 0) is 0 Å². The zero-order valence-corrected chi connectivity index (χ0v) is 15.9. The Hall–Kier alpha value is 0.01000. The standard InChI is InChI=1S/C18H30BrNS/c1-3-4-5-6-7-8-9-12-17(20-2)15-21-18-13-10-11-16(19)14-18/h10-11,13-14,17,20H,3-9,12,15H2,1-2H3. The molecule has 3 heteroatoms. The van der Waals surface area contributed by atoms with Crippen LogP contribution >= 0.6 is 27.7 Å². The second kappa shape index (κ2) is 12.5. The Morgan fingerprint density at radius 3 is 2.48 bits per heavy atom. The molecule has 0 heterocycles. The highest BCUT2D eigenvalue weighted by Crippen LogP contribution is 2.23. The van der Waals surface area contributed by atoms with E-state index in [2.05, 4.69) is 59.5 Å². The quantitative estimate of drug-likeness (QED) is 0.343. The SMILES string of the molecule is CCCCCCCCCC(CSc1cccc(Br)c1)NC. The Balaban J connectivity index is 2.11. The monoisotopic (exact) mass is 371 g/mol. The van der Waals surface area contributed by atoms with Gasteiger partial charge in [0.2, 0.25) is 0 Å². The van der Waals surface area contributed by atoms with Gasteiger partial charge in [-0.1, -0.05) is 73.9 Å². The lowest BCUT2D eigenvalue weighted by Crippen LogP contribution is -2.27. The normalized spacial score (nSPS) is 12.5. The first-order chi connectivity index (χ1) is 10.3. The van der Waals surface area contributed by atoms with Crippen molar-refractivity contribution in [1.82, 2.24) is 5.32 Å². The van der Waals surface area contributed by atoms with Crippen LogP contribution < -0.4 is 5.32 Å². The van der Waals surface area contributed by atoms with Crippen LogP contribution in [0.2, 0.25) is 0 Å². The largest absolute Gasteiger partial charge is 0.316 e. The lowest BCUT2D eigenvalue weighted by atomic mass is 10.1. The van der Waals surface area contributed by atoms with Gasteiger partial charge in [0.05, 0.1) is 0 Å². The second-order valence-corrected chi connectivity index (χ2v) is 7.67. The Morgan fingerprint density at radius 2 is 1.81 bits per heavy atom. The van der Waals surface area contributed by atoms with Crippen LogP contribution in [0.3, 0.4) is 0 Å². The fourth-order valence-corrected chi connectivity index (χ4v) is 4.08. The summed E-state index contributed by atoms with van der Waals surface area (Å²) in [5.41, 5.74) is 0. The van der Waals surface area contributed by atoms with Crippen molar-refractivity contribution in [1.29, 1.82) is 0 Å². The van der Waals surface area contributed by atoms with Gasteiger partial charge >= 0.3 is 0 Å². The van der Waals surface area contributed by atoms with Gasteiger partial charge in [0.15, 0.2) is 0 Å². The van der Waals surface area contributed by atoms with Crippen molar-refractivity contribution in [2.24, 2.45) is 0 Å². The molecule has 0 fully saturated rings. The molecule has 1 N–H and O–H groups in total. The highest BCUT2D eigenvalue weighted by molar-refractivity contribution is 9.10. The van der Waals surface area contributed by atoms with Gasteiger partial charge in [0.25, 0.3) is 0 Å². The molecule has 1 atom stereocenters. The molecule has 1 unspecified atom stereocenters. The highest BCUT2D eigenvalue weighted by Gasteiger charge is 2.06. The van der Waals surface area contributed by atoms with E-state index in [0.717, 1.165) is 5.75 Å². The smallest absolute Gasteiger partial charge is 0.0186 e. The van der Waals surface area contributed by atoms with Crippen LogP contribution in [-0.4, -0.2) is 18.8 Å². The third-order valence-electron chi connectivity index (χ3n) is 3.81. The molecule has 0 spiro atoms. The van der Waals surface area contributed by atoms with Gasteiger partial charge in [-0.3, -0.25) is 0 Å². The summed E-state index contributed by atoms with van der Waals surface area (Å²) in [5.74, 6) is 1.16. The molecule has 0 aliphatic heterocycles. The van der Waals surface area contributed by atoms with Crippen LogP contribution in [0.15, 0.2) is 33.6 Å². The molecule has 1 aromatic carbocycles. The van der Waals surface area contributed by atoms with E-state index in [1.165, 1.54) is 60.7 Å². The third-order valence-corrected chi connectivity index (χ3v) is 5.46. The summed E-state index contributed by atoms with van der Waals surface area (Å²) < 4.78 is 1.17. The number of hydrogen-bond donors (Lipinski definition) is 1. The molecule has 21 heavy (non-hydrogen) atoms. The van der Waals surface area contributed by atoms with Gasteiger partial charge in [-0.15, -0.1) is 11.8 Å². The van der Waals surface area contributed by atoms with E-state index in [1.54, 1.807) is 0 Å². The number of benzene rings is 1. The number of nitrogens with one attached hydrogen (secondary N) is 1. The van der Waals surface area contributed by atoms with Gasteiger partial charge in [-0.2, -0.15) is 0 Å². The Morgan fingerprint density at radius 1 is 1.10 bits per heavy atom. The molecule has 1 nitrogen and oxygen atoms in total. The zero-order valence-electron chi connectivity index (χ0n) is 13.5. The Kier molecular flexibility index (Phi) is 11.4. The Bertz CT molecular complexity index is 370. The Labute approximate surface area is 143 Å². The second-order valence-electron chi connectivity index (χ2n) is 5.66. The predicted molar refractivity (Wildman–Crippen MR) is 100 cm³/mol. The van der Waals surface area contributed by atoms with E-state index < -0.39 is 0 Å². The summed E-state index contributed by atoms with van der Waals surface area (Å²) in [6.07, 6.45) is 11.0. The number of thioether (sulfide) groups is 1. The summed E-state index contributed by atoms with van der Waals surface area (Å²) in [4.78, 5) is 1.35. The lowest BCUT2D eigenvalue weighted by molar-refractivity contribution is 0.511. The molecule has 0 saturated carbocycles. The summed E-state index contributed by atoms with van der Waals surface area (Å²) in [7, 11) is 2.09. The molecular formula is C18H30BrNS. The maximum absolute atomic E-state index is 3.53. The van der Waals surface area contributed by atoms with Gasteiger partial charge < -0.3 is 5.32 Å². The highest BCUT2D eigenvalue weighted by atomic mass is 79.9. The van der Waals surface area contributed by atoms with Crippen molar-refractivity contribution in [3.8, 4) is 0 Å². The van der Waals surface area contributed by atoms with E-state index in [-0.39, 0.29) is 0 Å². The topological polar surface area (TPSA) is 12.0 Å². The molecule has 0 aliphatic rings. The fourth-order valence-electron chi connectivity index (χ4n) is 2.41. The van der Waals surface area contributed by atoms with E-state index >= 15 is 0 Å². The summed E-state index contributed by atoms with van der Waals surface area (Å²) in [5, 5.41) is 3.47. The van der Waals surface area contributed by atoms with E-state index in [1.807, 2.05) is 11.8 Å². The van der Waals surface area contributed by atoms with E-state index in [9.17, 15) is 0 Å². The fraction of sp³-hybridized carbons (Fsp3) is 0.667. The van der Waals surface area contributed by atoms with Crippen LogP contribution in [0.5, 0.6) is 0 Å². The van der Waals surface area contributed by atoms with Crippen molar-refractivity contribution in [3.63, 3.8) is 0 Å². The zero-order chi connectivity index (χ0) is 15.3. The molecule has 120 valence electrons. The summed E-state index contributed by atoms with van der Waals surface area (Å²) in [6.45, 7) is 2.28. The van der Waals surface area contributed by atoms with Crippen molar-refractivity contribution in [2.45, 2.75) is 69.2 Å². The molecule has 1 rings (SSSR count). The average molecular weight is 372 g/mol. The van der Waals surface area contributed by atoms with Crippen molar-refractivity contribution >= 4 is 27.7 Å². The van der Waals surface area contributed by atoms with Crippen molar-refractivity contribution in [3.05, 3.63) is 28.7 Å². The van der Waals surface area contributed by atoms with Gasteiger partial charge in [-0.25, -0.2) is 0 Å². The van der Waals surface area contributed by atoms with Crippen LogP contribution in [0.25, 0.3) is 0 Å². The number of hydrogen-bond acceptors (Lipinski definition) is 2. The molecule has 0 bridgehead atoms. The number of rotatable bonds is 12. The van der Waals surface area contributed by atoms with Crippen LogP contribution in [0.1, 0.15) is 58.3 Å². The minimum atomic E-state index is 0.629. The van der Waals surface area contributed by atoms with Crippen LogP contribution in [0.4, 0.5) is 0 Å². The summed E-state index contributed by atoms with van der Waals surface area (Å²) in [6, 6.07) is 9.21.